The minimum absolute atomic E-state index is 0.333. The van der Waals surface area contributed by atoms with Gasteiger partial charge in [0.25, 0.3) is 0 Å². The Morgan fingerprint density at radius 2 is 1.75 bits per heavy atom. The Kier molecular flexibility index (Phi) is 7.39. The van der Waals surface area contributed by atoms with Crippen molar-refractivity contribution in [1.82, 2.24) is 0 Å². The number of hydrogen-bond donors (Lipinski definition) is 1. The van der Waals surface area contributed by atoms with Gasteiger partial charge in [-0.1, -0.05) is 6.92 Å². The Hall–Kier alpha value is -0.160. The molecule has 12 heavy (non-hydrogen) atoms. The maximum atomic E-state index is 9.11. The zero-order valence-corrected chi connectivity index (χ0v) is 7.95. The standard InChI is InChI=1S/C8H18O4/c1-4-7(9)5-12-6-8(10-2)11-3/h7-9H,4-6H2,1-3H3. The molecule has 0 spiro atoms. The summed E-state index contributed by atoms with van der Waals surface area (Å²) >= 11 is 0. The molecule has 74 valence electrons. The topological polar surface area (TPSA) is 47.9 Å². The molecule has 0 aliphatic heterocycles. The van der Waals surface area contributed by atoms with E-state index in [1.165, 1.54) is 0 Å². The summed E-state index contributed by atoms with van der Waals surface area (Å²) < 4.78 is 14.9. The molecule has 0 aliphatic carbocycles. The summed E-state index contributed by atoms with van der Waals surface area (Å²) in [5, 5.41) is 9.11. The Labute approximate surface area is 73.4 Å². The first-order valence-corrected chi connectivity index (χ1v) is 4.06. The molecule has 0 rings (SSSR count). The lowest BCUT2D eigenvalue weighted by Crippen LogP contribution is -2.23. The first-order chi connectivity index (χ1) is 5.74. The van der Waals surface area contributed by atoms with Crippen molar-refractivity contribution in [3.8, 4) is 0 Å². The number of aliphatic hydroxyl groups excluding tert-OH is 1. The van der Waals surface area contributed by atoms with E-state index in [0.717, 1.165) is 0 Å². The second-order valence-electron chi connectivity index (χ2n) is 2.50. The number of rotatable bonds is 7. The van der Waals surface area contributed by atoms with Gasteiger partial charge >= 0.3 is 0 Å². The molecular weight excluding hydrogens is 160 g/mol. The van der Waals surface area contributed by atoms with Gasteiger partial charge in [0.1, 0.15) is 0 Å². The Balaban J connectivity index is 3.28. The fraction of sp³-hybridized carbons (Fsp3) is 1.00. The maximum absolute atomic E-state index is 9.11. The highest BCUT2D eigenvalue weighted by atomic mass is 16.7. The van der Waals surface area contributed by atoms with E-state index in [1.807, 2.05) is 6.92 Å². The Morgan fingerprint density at radius 1 is 1.17 bits per heavy atom. The third-order valence-corrected chi connectivity index (χ3v) is 1.56. The van der Waals surface area contributed by atoms with Crippen molar-refractivity contribution in [1.29, 1.82) is 0 Å². The number of methoxy groups -OCH3 is 2. The van der Waals surface area contributed by atoms with Gasteiger partial charge in [0.05, 0.1) is 19.3 Å². The first-order valence-electron chi connectivity index (χ1n) is 4.06. The maximum Gasteiger partial charge on any atom is 0.180 e. The molecule has 0 saturated carbocycles. The quantitative estimate of drug-likeness (QED) is 0.573. The monoisotopic (exact) mass is 178 g/mol. The molecule has 0 heterocycles. The van der Waals surface area contributed by atoms with E-state index in [2.05, 4.69) is 0 Å². The van der Waals surface area contributed by atoms with Crippen molar-refractivity contribution in [2.24, 2.45) is 0 Å². The molecule has 1 unspecified atom stereocenters. The average Bonchev–Trinajstić information content (AvgIpc) is 2.12. The largest absolute Gasteiger partial charge is 0.391 e. The summed E-state index contributed by atoms with van der Waals surface area (Å²) in [6.45, 7) is 2.59. The minimum atomic E-state index is -0.389. The van der Waals surface area contributed by atoms with Crippen LogP contribution in [0.25, 0.3) is 0 Å². The van der Waals surface area contributed by atoms with Gasteiger partial charge in [-0.25, -0.2) is 0 Å². The van der Waals surface area contributed by atoms with Crippen LogP contribution in [0.15, 0.2) is 0 Å². The van der Waals surface area contributed by atoms with Crippen LogP contribution in [-0.2, 0) is 14.2 Å². The lowest BCUT2D eigenvalue weighted by atomic mass is 10.3. The van der Waals surface area contributed by atoms with Gasteiger partial charge in [-0.2, -0.15) is 0 Å². The predicted molar refractivity (Wildman–Crippen MR) is 44.9 cm³/mol. The molecule has 4 nitrogen and oxygen atoms in total. The van der Waals surface area contributed by atoms with Gasteiger partial charge in [-0.3, -0.25) is 0 Å². The molecule has 0 aliphatic rings. The van der Waals surface area contributed by atoms with Crippen molar-refractivity contribution in [2.45, 2.75) is 25.7 Å². The molecule has 4 heteroatoms. The normalized spacial score (nSPS) is 13.8. The van der Waals surface area contributed by atoms with Crippen LogP contribution >= 0.6 is 0 Å². The van der Waals surface area contributed by atoms with Crippen molar-refractivity contribution < 1.29 is 19.3 Å². The first kappa shape index (κ1) is 11.8. The van der Waals surface area contributed by atoms with E-state index in [1.54, 1.807) is 14.2 Å². The Morgan fingerprint density at radius 3 is 2.17 bits per heavy atom. The van der Waals surface area contributed by atoms with Crippen LogP contribution < -0.4 is 0 Å². The van der Waals surface area contributed by atoms with E-state index in [4.69, 9.17) is 19.3 Å². The molecule has 1 N–H and O–H groups in total. The second-order valence-corrected chi connectivity index (χ2v) is 2.50. The molecule has 0 bridgehead atoms. The van der Waals surface area contributed by atoms with Gasteiger partial charge in [-0.05, 0) is 6.42 Å². The summed E-state index contributed by atoms with van der Waals surface area (Å²) in [6, 6.07) is 0. The predicted octanol–water partition coefficient (Wildman–Crippen LogP) is 0.393. The highest BCUT2D eigenvalue weighted by Crippen LogP contribution is 1.95. The smallest absolute Gasteiger partial charge is 0.180 e. The number of ether oxygens (including phenoxy) is 3. The minimum Gasteiger partial charge on any atom is -0.391 e. The van der Waals surface area contributed by atoms with Crippen molar-refractivity contribution in [3.05, 3.63) is 0 Å². The lowest BCUT2D eigenvalue weighted by molar-refractivity contribution is -0.146. The second kappa shape index (κ2) is 7.49. The van der Waals surface area contributed by atoms with Crippen LogP contribution in [0.1, 0.15) is 13.3 Å². The molecule has 0 aromatic rings. The third-order valence-electron chi connectivity index (χ3n) is 1.56. The highest BCUT2D eigenvalue weighted by molar-refractivity contribution is 4.49. The number of aliphatic hydroxyl groups is 1. The van der Waals surface area contributed by atoms with Gasteiger partial charge in [0.2, 0.25) is 0 Å². The SMILES string of the molecule is CCC(O)COCC(OC)OC. The summed E-state index contributed by atoms with van der Waals surface area (Å²) in [5.41, 5.74) is 0. The molecule has 0 radical (unpaired) electrons. The van der Waals surface area contributed by atoms with Gasteiger partial charge in [0, 0.05) is 14.2 Å². The molecule has 0 aromatic carbocycles. The average molecular weight is 178 g/mol. The summed E-state index contributed by atoms with van der Waals surface area (Å²) in [7, 11) is 3.10. The molecule has 1 atom stereocenters. The molecule has 0 saturated heterocycles. The molecule has 0 fully saturated rings. The molecule has 0 amide bonds. The summed E-state index contributed by atoms with van der Waals surface area (Å²) in [6.07, 6.45) is -0.0293. The van der Waals surface area contributed by atoms with Gasteiger partial charge in [-0.15, -0.1) is 0 Å². The van der Waals surface area contributed by atoms with Gasteiger partial charge in [0.15, 0.2) is 6.29 Å². The van der Waals surface area contributed by atoms with Crippen LogP contribution in [0.5, 0.6) is 0 Å². The van der Waals surface area contributed by atoms with E-state index in [9.17, 15) is 0 Å². The zero-order valence-electron chi connectivity index (χ0n) is 7.95. The van der Waals surface area contributed by atoms with Crippen LogP contribution in [0.2, 0.25) is 0 Å². The van der Waals surface area contributed by atoms with Crippen LogP contribution in [0, 0.1) is 0 Å². The Bertz CT molecular complexity index is 93.1. The van der Waals surface area contributed by atoms with Gasteiger partial charge < -0.3 is 19.3 Å². The fourth-order valence-corrected chi connectivity index (χ4v) is 0.650. The van der Waals surface area contributed by atoms with E-state index in [0.29, 0.717) is 19.6 Å². The lowest BCUT2D eigenvalue weighted by Gasteiger charge is -2.14. The van der Waals surface area contributed by atoms with Crippen molar-refractivity contribution in [2.75, 3.05) is 27.4 Å². The van der Waals surface area contributed by atoms with Crippen LogP contribution in [-0.4, -0.2) is 44.9 Å². The summed E-state index contributed by atoms with van der Waals surface area (Å²) in [5.74, 6) is 0. The molecular formula is C8H18O4. The number of hydrogen-bond acceptors (Lipinski definition) is 4. The fourth-order valence-electron chi connectivity index (χ4n) is 0.650. The van der Waals surface area contributed by atoms with Crippen molar-refractivity contribution >= 4 is 0 Å². The zero-order chi connectivity index (χ0) is 9.40. The van der Waals surface area contributed by atoms with Crippen molar-refractivity contribution in [3.63, 3.8) is 0 Å². The van der Waals surface area contributed by atoms with E-state index < -0.39 is 0 Å². The van der Waals surface area contributed by atoms with E-state index >= 15 is 0 Å². The van der Waals surface area contributed by atoms with Crippen LogP contribution in [0.4, 0.5) is 0 Å². The summed E-state index contributed by atoms with van der Waals surface area (Å²) in [4.78, 5) is 0. The highest BCUT2D eigenvalue weighted by Gasteiger charge is 2.06. The third kappa shape index (κ3) is 5.49. The van der Waals surface area contributed by atoms with E-state index in [-0.39, 0.29) is 12.4 Å². The van der Waals surface area contributed by atoms with Crippen LogP contribution in [0.3, 0.4) is 0 Å². The molecule has 0 aromatic heterocycles.